The fourth-order valence-corrected chi connectivity index (χ4v) is 4.12. The van der Waals surface area contributed by atoms with Gasteiger partial charge in [-0.1, -0.05) is 0 Å². The second-order valence-electron chi connectivity index (χ2n) is 4.93. The Hall–Kier alpha value is -1.21. The lowest BCUT2D eigenvalue weighted by molar-refractivity contribution is 0.115. The highest BCUT2D eigenvalue weighted by atomic mass is 32.2. The third-order valence-corrected chi connectivity index (χ3v) is 5.13. The molecule has 19 heavy (non-hydrogen) atoms. The highest BCUT2D eigenvalue weighted by molar-refractivity contribution is 7.91. The van der Waals surface area contributed by atoms with Crippen LogP contribution in [0.1, 0.15) is 17.1 Å². The molecule has 2 rings (SSSR count). The summed E-state index contributed by atoms with van der Waals surface area (Å²) in [6.07, 6.45) is -0.333. The van der Waals surface area contributed by atoms with E-state index in [-0.39, 0.29) is 23.7 Å². The number of nitrogens with one attached hydrogen (secondary N) is 1. The summed E-state index contributed by atoms with van der Waals surface area (Å²) in [5.74, 6) is 1.49. The summed E-state index contributed by atoms with van der Waals surface area (Å²) in [4.78, 5) is 8.62. The Morgan fingerprint density at radius 1 is 1.21 bits per heavy atom. The highest BCUT2D eigenvalue weighted by Gasteiger charge is 2.38. The first-order chi connectivity index (χ1) is 8.82. The average molecular weight is 285 g/mol. The number of sulfone groups is 1. The van der Waals surface area contributed by atoms with Crippen molar-refractivity contribution in [3.05, 3.63) is 17.1 Å². The predicted molar refractivity (Wildman–Crippen MR) is 73.1 cm³/mol. The number of aryl methyl sites for hydroxylation is 2. The molecule has 1 fully saturated rings. The molecule has 0 unspecified atom stereocenters. The van der Waals surface area contributed by atoms with Crippen LogP contribution < -0.4 is 5.32 Å². The SMILES string of the molecule is CO[C@@H]1CS(=O)(=O)C[C@H]1Nc1nc(C)nc(C)c1C. The summed E-state index contributed by atoms with van der Waals surface area (Å²) in [6, 6.07) is -0.262. The first kappa shape index (κ1) is 14.2. The normalized spacial score (nSPS) is 25.5. The van der Waals surface area contributed by atoms with Crippen LogP contribution in [0, 0.1) is 20.8 Å². The van der Waals surface area contributed by atoms with E-state index in [9.17, 15) is 8.42 Å². The summed E-state index contributed by atoms with van der Waals surface area (Å²) in [5.41, 5.74) is 1.83. The van der Waals surface area contributed by atoms with Gasteiger partial charge in [0.2, 0.25) is 0 Å². The molecule has 1 aliphatic rings. The standard InChI is InChI=1S/C12H19N3O3S/c1-7-8(2)13-9(3)14-12(7)15-10-5-19(16,17)6-11(10)18-4/h10-11H,5-6H2,1-4H3,(H,13,14,15)/t10-,11-/m1/s1. The van der Waals surface area contributed by atoms with Crippen LogP contribution >= 0.6 is 0 Å². The lowest BCUT2D eigenvalue weighted by Crippen LogP contribution is -2.34. The van der Waals surface area contributed by atoms with Crippen LogP contribution in [0.15, 0.2) is 0 Å². The topological polar surface area (TPSA) is 81.2 Å². The number of hydrogen-bond acceptors (Lipinski definition) is 6. The van der Waals surface area contributed by atoms with Crippen molar-refractivity contribution in [2.75, 3.05) is 23.9 Å². The van der Waals surface area contributed by atoms with Gasteiger partial charge < -0.3 is 10.1 Å². The van der Waals surface area contributed by atoms with Crippen molar-refractivity contribution in [2.24, 2.45) is 0 Å². The number of rotatable bonds is 3. The van der Waals surface area contributed by atoms with Crippen LogP contribution in [0.5, 0.6) is 0 Å². The van der Waals surface area contributed by atoms with Gasteiger partial charge in [0.25, 0.3) is 0 Å². The average Bonchev–Trinajstić information content (AvgIpc) is 2.60. The summed E-state index contributed by atoms with van der Waals surface area (Å²) in [6.45, 7) is 5.65. The van der Waals surface area contributed by atoms with Gasteiger partial charge in [0.1, 0.15) is 11.6 Å². The van der Waals surface area contributed by atoms with E-state index < -0.39 is 9.84 Å². The van der Waals surface area contributed by atoms with Crippen molar-refractivity contribution >= 4 is 15.7 Å². The van der Waals surface area contributed by atoms with Gasteiger partial charge >= 0.3 is 0 Å². The van der Waals surface area contributed by atoms with Gasteiger partial charge in [-0.15, -0.1) is 0 Å². The van der Waals surface area contributed by atoms with Crippen molar-refractivity contribution in [1.29, 1.82) is 0 Å². The molecule has 0 aromatic carbocycles. The monoisotopic (exact) mass is 285 g/mol. The molecule has 2 atom stereocenters. The Bertz CT molecular complexity index is 586. The molecular formula is C12H19N3O3S. The molecule has 1 saturated heterocycles. The molecule has 7 heteroatoms. The van der Waals surface area contributed by atoms with Gasteiger partial charge in [-0.2, -0.15) is 0 Å². The van der Waals surface area contributed by atoms with Gasteiger partial charge in [0.05, 0.1) is 23.7 Å². The minimum atomic E-state index is -3.04. The van der Waals surface area contributed by atoms with E-state index in [0.717, 1.165) is 11.3 Å². The maximum Gasteiger partial charge on any atom is 0.155 e. The Labute approximate surface area is 113 Å². The van der Waals surface area contributed by atoms with E-state index in [2.05, 4.69) is 15.3 Å². The number of hydrogen-bond donors (Lipinski definition) is 1. The maximum absolute atomic E-state index is 11.7. The lowest BCUT2D eigenvalue weighted by atomic mass is 10.2. The van der Waals surface area contributed by atoms with Crippen LogP contribution in [0.2, 0.25) is 0 Å². The molecule has 6 nitrogen and oxygen atoms in total. The van der Waals surface area contributed by atoms with Crippen LogP contribution in [-0.4, -0.2) is 49.1 Å². The van der Waals surface area contributed by atoms with E-state index in [4.69, 9.17) is 4.74 Å². The highest BCUT2D eigenvalue weighted by Crippen LogP contribution is 2.22. The number of ether oxygens (including phenoxy) is 1. The number of aromatic nitrogens is 2. The first-order valence-corrected chi connectivity index (χ1v) is 7.96. The van der Waals surface area contributed by atoms with Gasteiger partial charge in [-0.25, -0.2) is 18.4 Å². The van der Waals surface area contributed by atoms with E-state index in [0.29, 0.717) is 11.6 Å². The molecule has 1 aromatic rings. The van der Waals surface area contributed by atoms with Gasteiger partial charge in [-0.05, 0) is 20.8 Å². The van der Waals surface area contributed by atoms with E-state index in [1.165, 1.54) is 7.11 Å². The molecule has 106 valence electrons. The molecule has 0 amide bonds. The van der Waals surface area contributed by atoms with E-state index >= 15 is 0 Å². The minimum absolute atomic E-state index is 0.0588. The second kappa shape index (κ2) is 5.05. The van der Waals surface area contributed by atoms with Crippen molar-refractivity contribution in [1.82, 2.24) is 9.97 Å². The minimum Gasteiger partial charge on any atom is -0.378 e. The van der Waals surface area contributed by atoms with Crippen LogP contribution in [0.4, 0.5) is 5.82 Å². The molecule has 0 spiro atoms. The maximum atomic E-state index is 11.7. The fraction of sp³-hybridized carbons (Fsp3) is 0.667. The molecule has 0 radical (unpaired) electrons. The summed E-state index contributed by atoms with van der Waals surface area (Å²) in [7, 11) is -1.51. The molecule has 1 aliphatic heterocycles. The molecule has 0 bridgehead atoms. The first-order valence-electron chi connectivity index (χ1n) is 6.14. The lowest BCUT2D eigenvalue weighted by Gasteiger charge is -2.20. The number of anilines is 1. The van der Waals surface area contributed by atoms with Crippen LogP contribution in [0.25, 0.3) is 0 Å². The summed E-state index contributed by atoms with van der Waals surface area (Å²) >= 11 is 0. The Morgan fingerprint density at radius 2 is 1.89 bits per heavy atom. The third-order valence-electron chi connectivity index (χ3n) is 3.43. The molecule has 2 heterocycles. The Balaban J connectivity index is 2.26. The van der Waals surface area contributed by atoms with Gasteiger partial charge in [0, 0.05) is 18.4 Å². The van der Waals surface area contributed by atoms with Crippen molar-refractivity contribution in [3.8, 4) is 0 Å². The smallest absolute Gasteiger partial charge is 0.155 e. The van der Waals surface area contributed by atoms with E-state index in [1.54, 1.807) is 0 Å². The van der Waals surface area contributed by atoms with Crippen molar-refractivity contribution in [3.63, 3.8) is 0 Å². The van der Waals surface area contributed by atoms with Crippen molar-refractivity contribution < 1.29 is 13.2 Å². The number of nitrogens with zero attached hydrogens (tertiary/aromatic N) is 2. The molecule has 0 saturated carbocycles. The fourth-order valence-electron chi connectivity index (χ4n) is 2.27. The Kier molecular flexibility index (Phi) is 3.78. The van der Waals surface area contributed by atoms with Gasteiger partial charge in [0.15, 0.2) is 9.84 Å². The third kappa shape index (κ3) is 3.03. The quantitative estimate of drug-likeness (QED) is 0.877. The zero-order valence-electron chi connectivity index (χ0n) is 11.6. The molecular weight excluding hydrogens is 266 g/mol. The van der Waals surface area contributed by atoms with Crippen molar-refractivity contribution in [2.45, 2.75) is 32.9 Å². The summed E-state index contributed by atoms with van der Waals surface area (Å²) < 4.78 is 28.6. The number of methoxy groups -OCH3 is 1. The zero-order valence-corrected chi connectivity index (χ0v) is 12.4. The Morgan fingerprint density at radius 3 is 2.53 bits per heavy atom. The summed E-state index contributed by atoms with van der Waals surface area (Å²) in [5, 5.41) is 3.19. The molecule has 0 aliphatic carbocycles. The predicted octanol–water partition coefficient (Wildman–Crippen LogP) is 0.626. The van der Waals surface area contributed by atoms with Crippen LogP contribution in [-0.2, 0) is 14.6 Å². The largest absolute Gasteiger partial charge is 0.378 e. The second-order valence-corrected chi connectivity index (χ2v) is 7.09. The zero-order chi connectivity index (χ0) is 14.2. The molecule has 1 aromatic heterocycles. The van der Waals surface area contributed by atoms with E-state index in [1.807, 2.05) is 20.8 Å². The molecule has 1 N–H and O–H groups in total. The van der Waals surface area contributed by atoms with Gasteiger partial charge in [-0.3, -0.25) is 0 Å². The van der Waals surface area contributed by atoms with Crippen LogP contribution in [0.3, 0.4) is 0 Å².